The van der Waals surface area contributed by atoms with E-state index in [0.717, 1.165) is 0 Å². The number of halogens is 1. The standard InChI is InChI=1S/C19H12ClN3O3/c20-16-7-6-15(11-22)17(9-16)23-18(24)12-26-19(25)8-5-13-1-3-14(10-21)4-2-13/h1-9H,12H2,(H,23,24)/b8-5+. The van der Waals surface area contributed by atoms with Crippen LogP contribution in [0.25, 0.3) is 6.08 Å². The maximum Gasteiger partial charge on any atom is 0.331 e. The molecule has 0 bridgehead atoms. The number of carbonyl (C=O) groups excluding carboxylic acids is 2. The molecule has 7 heteroatoms. The van der Waals surface area contributed by atoms with Crippen molar-refractivity contribution >= 4 is 35.2 Å². The molecule has 0 aliphatic carbocycles. The summed E-state index contributed by atoms with van der Waals surface area (Å²) in [5.41, 5.74) is 1.71. The zero-order chi connectivity index (χ0) is 18.9. The van der Waals surface area contributed by atoms with Gasteiger partial charge in [0.2, 0.25) is 0 Å². The molecule has 0 aliphatic rings. The van der Waals surface area contributed by atoms with Crippen LogP contribution in [0.1, 0.15) is 16.7 Å². The van der Waals surface area contributed by atoms with Gasteiger partial charge >= 0.3 is 5.97 Å². The highest BCUT2D eigenvalue weighted by atomic mass is 35.5. The van der Waals surface area contributed by atoms with E-state index in [2.05, 4.69) is 5.32 Å². The molecule has 1 N–H and O–H groups in total. The van der Waals surface area contributed by atoms with Crippen molar-refractivity contribution in [3.63, 3.8) is 0 Å². The van der Waals surface area contributed by atoms with Crippen molar-refractivity contribution in [2.24, 2.45) is 0 Å². The van der Waals surface area contributed by atoms with E-state index in [1.165, 1.54) is 30.4 Å². The quantitative estimate of drug-likeness (QED) is 0.647. The third-order valence-electron chi connectivity index (χ3n) is 3.17. The van der Waals surface area contributed by atoms with E-state index in [0.29, 0.717) is 16.1 Å². The smallest absolute Gasteiger partial charge is 0.331 e. The lowest BCUT2D eigenvalue weighted by Crippen LogP contribution is -2.20. The number of hydrogen-bond acceptors (Lipinski definition) is 5. The normalized spacial score (nSPS) is 9.96. The minimum atomic E-state index is -0.698. The van der Waals surface area contributed by atoms with Gasteiger partial charge in [0, 0.05) is 11.1 Å². The second kappa shape index (κ2) is 9.03. The molecule has 2 rings (SSSR count). The summed E-state index contributed by atoms with van der Waals surface area (Å²) in [6.07, 6.45) is 2.68. The first-order valence-electron chi connectivity index (χ1n) is 7.36. The van der Waals surface area contributed by atoms with Crippen LogP contribution in [0.5, 0.6) is 0 Å². The summed E-state index contributed by atoms with van der Waals surface area (Å²) >= 11 is 5.83. The molecule has 0 aromatic heterocycles. The number of nitrogens with zero attached hydrogens (tertiary/aromatic N) is 2. The lowest BCUT2D eigenvalue weighted by molar-refractivity contribution is -0.142. The Bertz CT molecular complexity index is 938. The number of nitriles is 2. The highest BCUT2D eigenvalue weighted by molar-refractivity contribution is 6.31. The number of carbonyl (C=O) groups is 2. The van der Waals surface area contributed by atoms with Crippen molar-refractivity contribution in [3.8, 4) is 12.1 Å². The minimum Gasteiger partial charge on any atom is -0.452 e. The molecule has 0 aliphatic heterocycles. The molecule has 6 nitrogen and oxygen atoms in total. The van der Waals surface area contributed by atoms with Gasteiger partial charge in [0.05, 0.1) is 22.9 Å². The first-order valence-corrected chi connectivity index (χ1v) is 7.74. The largest absolute Gasteiger partial charge is 0.452 e. The Morgan fingerprint density at radius 2 is 1.85 bits per heavy atom. The van der Waals surface area contributed by atoms with Crippen molar-refractivity contribution < 1.29 is 14.3 Å². The summed E-state index contributed by atoms with van der Waals surface area (Å²) in [7, 11) is 0. The SMILES string of the molecule is N#Cc1ccc(/C=C/C(=O)OCC(=O)Nc2cc(Cl)ccc2C#N)cc1. The molecular weight excluding hydrogens is 354 g/mol. The number of esters is 1. The minimum absolute atomic E-state index is 0.245. The summed E-state index contributed by atoms with van der Waals surface area (Å²) in [5.74, 6) is -1.29. The first kappa shape index (κ1) is 18.7. The number of hydrogen-bond donors (Lipinski definition) is 1. The molecule has 0 saturated carbocycles. The molecule has 128 valence electrons. The molecule has 1 amide bonds. The summed E-state index contributed by atoms with van der Waals surface area (Å²) in [6.45, 7) is -0.506. The van der Waals surface area contributed by atoms with Crippen molar-refractivity contribution in [2.75, 3.05) is 11.9 Å². The number of rotatable bonds is 5. The van der Waals surface area contributed by atoms with Crippen LogP contribution >= 0.6 is 11.6 Å². The predicted octanol–water partition coefficient (Wildman–Crippen LogP) is 3.28. The van der Waals surface area contributed by atoms with Gasteiger partial charge in [0.1, 0.15) is 6.07 Å². The molecule has 0 spiro atoms. The van der Waals surface area contributed by atoms with Crippen LogP contribution in [0.3, 0.4) is 0 Å². The molecule has 2 aromatic carbocycles. The average Bonchev–Trinajstić information content (AvgIpc) is 2.65. The number of benzene rings is 2. The Labute approximate surface area is 154 Å². The zero-order valence-corrected chi connectivity index (χ0v) is 14.2. The average molecular weight is 366 g/mol. The van der Waals surface area contributed by atoms with Gasteiger partial charge in [0.15, 0.2) is 6.61 Å². The predicted molar refractivity (Wildman–Crippen MR) is 95.9 cm³/mol. The summed E-state index contributed by atoms with van der Waals surface area (Å²) in [5, 5.41) is 20.5. The van der Waals surface area contributed by atoms with Crippen LogP contribution in [-0.2, 0) is 14.3 Å². The van der Waals surface area contributed by atoms with E-state index in [-0.39, 0.29) is 11.3 Å². The van der Waals surface area contributed by atoms with E-state index in [1.54, 1.807) is 24.3 Å². The van der Waals surface area contributed by atoms with Gasteiger partial charge < -0.3 is 10.1 Å². The van der Waals surface area contributed by atoms with Gasteiger partial charge in [-0.25, -0.2) is 4.79 Å². The monoisotopic (exact) mass is 365 g/mol. The molecular formula is C19H12ClN3O3. The van der Waals surface area contributed by atoms with Crippen LogP contribution in [0.15, 0.2) is 48.5 Å². The molecule has 0 heterocycles. The molecule has 0 atom stereocenters. The highest BCUT2D eigenvalue weighted by Crippen LogP contribution is 2.20. The van der Waals surface area contributed by atoms with Gasteiger partial charge in [-0.1, -0.05) is 23.7 Å². The first-order chi connectivity index (χ1) is 12.5. The zero-order valence-electron chi connectivity index (χ0n) is 13.4. The Morgan fingerprint density at radius 1 is 1.12 bits per heavy atom. The van der Waals surface area contributed by atoms with E-state index in [9.17, 15) is 9.59 Å². The van der Waals surface area contributed by atoms with Crippen molar-refractivity contribution in [1.82, 2.24) is 0 Å². The van der Waals surface area contributed by atoms with E-state index < -0.39 is 18.5 Å². The fourth-order valence-corrected chi connectivity index (χ4v) is 2.09. The van der Waals surface area contributed by atoms with E-state index >= 15 is 0 Å². The summed E-state index contributed by atoms with van der Waals surface area (Å²) < 4.78 is 4.84. The second-order valence-electron chi connectivity index (χ2n) is 5.02. The number of ether oxygens (including phenoxy) is 1. The van der Waals surface area contributed by atoms with Crippen LogP contribution in [0.4, 0.5) is 5.69 Å². The van der Waals surface area contributed by atoms with Gasteiger partial charge in [-0.05, 0) is 42.0 Å². The molecule has 0 fully saturated rings. The number of anilines is 1. The van der Waals surface area contributed by atoms with Crippen LogP contribution in [0, 0.1) is 22.7 Å². The van der Waals surface area contributed by atoms with E-state index in [4.69, 9.17) is 26.9 Å². The molecule has 0 radical (unpaired) electrons. The van der Waals surface area contributed by atoms with Crippen molar-refractivity contribution in [1.29, 1.82) is 10.5 Å². The third kappa shape index (κ3) is 5.48. The van der Waals surface area contributed by atoms with Gasteiger partial charge in [-0.3, -0.25) is 4.79 Å². The van der Waals surface area contributed by atoms with E-state index in [1.807, 2.05) is 12.1 Å². The molecule has 2 aromatic rings. The Hall–Kier alpha value is -3.61. The third-order valence-corrected chi connectivity index (χ3v) is 3.41. The Morgan fingerprint density at radius 3 is 2.50 bits per heavy atom. The molecule has 0 saturated heterocycles. The summed E-state index contributed by atoms with van der Waals surface area (Å²) in [6, 6.07) is 15.0. The summed E-state index contributed by atoms with van der Waals surface area (Å²) in [4.78, 5) is 23.5. The van der Waals surface area contributed by atoms with Gasteiger partial charge in [0.25, 0.3) is 5.91 Å². The molecule has 0 unspecified atom stereocenters. The fraction of sp³-hybridized carbons (Fsp3) is 0.0526. The highest BCUT2D eigenvalue weighted by Gasteiger charge is 2.09. The van der Waals surface area contributed by atoms with Crippen LogP contribution in [0.2, 0.25) is 5.02 Å². The maximum absolute atomic E-state index is 11.8. The van der Waals surface area contributed by atoms with Crippen molar-refractivity contribution in [2.45, 2.75) is 0 Å². The number of amides is 1. The maximum atomic E-state index is 11.8. The van der Waals surface area contributed by atoms with Crippen LogP contribution in [-0.4, -0.2) is 18.5 Å². The lowest BCUT2D eigenvalue weighted by atomic mass is 10.1. The Kier molecular flexibility index (Phi) is 6.50. The van der Waals surface area contributed by atoms with Gasteiger partial charge in [-0.15, -0.1) is 0 Å². The number of nitrogens with one attached hydrogen (secondary N) is 1. The van der Waals surface area contributed by atoms with Crippen molar-refractivity contribution in [3.05, 3.63) is 70.3 Å². The Balaban J connectivity index is 1.88. The fourth-order valence-electron chi connectivity index (χ4n) is 1.92. The topological polar surface area (TPSA) is 103 Å². The molecule has 26 heavy (non-hydrogen) atoms. The van der Waals surface area contributed by atoms with Crippen LogP contribution < -0.4 is 5.32 Å². The lowest BCUT2D eigenvalue weighted by Gasteiger charge is -2.07. The van der Waals surface area contributed by atoms with Gasteiger partial charge in [-0.2, -0.15) is 10.5 Å². The second-order valence-corrected chi connectivity index (χ2v) is 5.46.